The summed E-state index contributed by atoms with van der Waals surface area (Å²) in [5.74, 6) is -2.70. The van der Waals surface area contributed by atoms with Crippen molar-refractivity contribution in [2.45, 2.75) is 6.92 Å². The number of hydrogen-bond donors (Lipinski definition) is 2. The Morgan fingerprint density at radius 2 is 1.52 bits per heavy atom. The third-order valence-corrected chi connectivity index (χ3v) is 5.50. The van der Waals surface area contributed by atoms with Crippen molar-refractivity contribution < 1.29 is 19.6 Å². The van der Waals surface area contributed by atoms with Crippen LogP contribution >= 0.6 is 0 Å². The highest BCUT2D eigenvalue weighted by Gasteiger charge is 2.42. The molecular weight excluding hydrogens is 414 g/mol. The molecule has 0 fully saturated rings. The summed E-state index contributed by atoms with van der Waals surface area (Å²) in [4.78, 5) is 12.8. The molecule has 0 radical (unpaired) electrons. The third kappa shape index (κ3) is 4.17. The molecule has 0 saturated heterocycles. The second-order valence-electron chi connectivity index (χ2n) is 7.51. The molecule has 2 aliphatic rings. The summed E-state index contributed by atoms with van der Waals surface area (Å²) < 4.78 is 3.21. The van der Waals surface area contributed by atoms with Crippen LogP contribution in [0.15, 0.2) is 108 Å². The Morgan fingerprint density at radius 1 is 0.970 bits per heavy atom. The van der Waals surface area contributed by atoms with Crippen LogP contribution in [0.4, 0.5) is 11.4 Å². The zero-order chi connectivity index (χ0) is 23.4. The number of carbonyl (C=O) groups excluding carboxylic acids is 1. The number of nitriles is 1. The van der Waals surface area contributed by atoms with Crippen LogP contribution in [0, 0.1) is 17.2 Å². The molecule has 33 heavy (non-hydrogen) atoms. The minimum atomic E-state index is -1.26. The lowest BCUT2D eigenvalue weighted by Gasteiger charge is -2.15. The number of rotatable bonds is 4. The van der Waals surface area contributed by atoms with Crippen LogP contribution in [0.3, 0.4) is 0 Å². The average molecular weight is 437 g/mol. The normalized spacial score (nSPS) is 17.9. The summed E-state index contributed by atoms with van der Waals surface area (Å²) in [7, 11) is 0. The van der Waals surface area contributed by atoms with Gasteiger partial charge in [0.15, 0.2) is 6.54 Å². The minimum absolute atomic E-state index is 0.00285. The summed E-state index contributed by atoms with van der Waals surface area (Å²) >= 11 is 0. The molecule has 0 aromatic heterocycles. The highest BCUT2D eigenvalue weighted by atomic mass is 16.3. The molecule has 2 aromatic carbocycles. The van der Waals surface area contributed by atoms with Gasteiger partial charge in [0.2, 0.25) is 23.0 Å². The smallest absolute Gasteiger partial charge is 0.425 e. The highest BCUT2D eigenvalue weighted by Crippen LogP contribution is 2.25. The van der Waals surface area contributed by atoms with Gasteiger partial charge >= 0.3 is 11.8 Å². The van der Waals surface area contributed by atoms with Gasteiger partial charge in [-0.1, -0.05) is 36.4 Å². The van der Waals surface area contributed by atoms with Gasteiger partial charge in [-0.3, -0.25) is 0 Å². The Bertz CT molecular complexity index is 1260. The van der Waals surface area contributed by atoms with E-state index in [-0.39, 0.29) is 12.1 Å². The van der Waals surface area contributed by atoms with E-state index in [1.807, 2.05) is 91.0 Å². The fourth-order valence-electron chi connectivity index (χ4n) is 3.84. The monoisotopic (exact) mass is 437 g/mol. The molecule has 0 spiro atoms. The number of aliphatic hydroxyl groups excluding tert-OH is 2. The molecule has 1 amide bonds. The fraction of sp³-hybridized carbons (Fsp3) is 0.111. The number of allylic oxidation sites excluding steroid dienone is 5. The van der Waals surface area contributed by atoms with Crippen LogP contribution < -0.4 is 4.58 Å². The van der Waals surface area contributed by atoms with Crippen molar-refractivity contribution in [3.63, 3.8) is 0 Å². The Kier molecular flexibility index (Phi) is 6.14. The average Bonchev–Trinajstić information content (AvgIpc) is 2.85. The quantitative estimate of drug-likeness (QED) is 0.690. The zero-order valence-corrected chi connectivity index (χ0v) is 18.1. The van der Waals surface area contributed by atoms with Crippen molar-refractivity contribution >= 4 is 28.9 Å². The molecule has 1 unspecified atom stereocenters. The first-order valence-electron chi connectivity index (χ1n) is 10.6. The standard InChI is InChI=1S/C27H21N3O3/c1-2-29-26(32)23(25(31)24(18-28)27(29)33)17-19-13-15-22(16-14-19)30(20-9-5-3-6-10-20)21-11-7-4-8-12-21/h3-17,24H,2H2,1H3/p+2. The van der Waals surface area contributed by atoms with Crippen molar-refractivity contribution in [3.05, 3.63) is 108 Å². The lowest BCUT2D eigenvalue weighted by atomic mass is 9.96. The van der Waals surface area contributed by atoms with Crippen LogP contribution in [-0.4, -0.2) is 38.8 Å². The van der Waals surface area contributed by atoms with Gasteiger partial charge in [0, 0.05) is 36.4 Å². The van der Waals surface area contributed by atoms with Crippen molar-refractivity contribution in [2.75, 3.05) is 6.54 Å². The molecule has 162 valence electrons. The maximum absolute atomic E-state index is 12.8. The lowest BCUT2D eigenvalue weighted by molar-refractivity contribution is -0.453. The summed E-state index contributed by atoms with van der Waals surface area (Å²) in [6, 6.07) is 21.8. The molecule has 6 nitrogen and oxygen atoms in total. The van der Waals surface area contributed by atoms with Gasteiger partial charge in [-0.25, -0.2) is 4.79 Å². The van der Waals surface area contributed by atoms with Gasteiger partial charge in [0.1, 0.15) is 11.3 Å². The number of nitrogens with zero attached hydrogens (tertiary/aromatic N) is 3. The van der Waals surface area contributed by atoms with E-state index in [0.29, 0.717) is 5.57 Å². The maximum Gasteiger partial charge on any atom is 0.425 e. The van der Waals surface area contributed by atoms with Gasteiger partial charge in [0.25, 0.3) is 0 Å². The molecule has 0 bridgehead atoms. The van der Waals surface area contributed by atoms with Gasteiger partial charge in [-0.05, 0) is 30.7 Å². The number of carbonyl (C=O) groups is 1. The lowest BCUT2D eigenvalue weighted by Crippen LogP contribution is -2.38. The number of amides is 1. The molecule has 2 N–H and O–H groups in total. The molecule has 0 saturated carbocycles. The predicted molar refractivity (Wildman–Crippen MR) is 128 cm³/mol. The van der Waals surface area contributed by atoms with Crippen molar-refractivity contribution in [3.8, 4) is 6.07 Å². The van der Waals surface area contributed by atoms with Crippen molar-refractivity contribution in [1.29, 1.82) is 5.26 Å². The summed E-state index contributed by atoms with van der Waals surface area (Å²) in [5.41, 5.74) is 3.61. The number of aliphatic hydroxyl groups is 2. The van der Waals surface area contributed by atoms with Crippen LogP contribution in [0.1, 0.15) is 6.92 Å². The van der Waals surface area contributed by atoms with E-state index in [0.717, 1.165) is 21.7 Å². The van der Waals surface area contributed by atoms with Crippen LogP contribution in [0.5, 0.6) is 0 Å². The van der Waals surface area contributed by atoms with Crippen molar-refractivity contribution in [1.82, 2.24) is 4.58 Å². The second kappa shape index (κ2) is 9.33. The summed E-state index contributed by atoms with van der Waals surface area (Å²) in [5, 5.41) is 30.0. The topological polar surface area (TPSA) is 87.3 Å². The Balaban J connectivity index is 1.75. The molecule has 1 heterocycles. The molecular formula is C27H23N3O3+2. The molecule has 1 atom stereocenters. The first kappa shape index (κ1) is 21.7. The van der Waals surface area contributed by atoms with Gasteiger partial charge in [0.05, 0.1) is 6.07 Å². The Hall–Kier alpha value is -4.50. The predicted octanol–water partition coefficient (Wildman–Crippen LogP) is 4.50. The summed E-state index contributed by atoms with van der Waals surface area (Å²) in [6.07, 6.45) is 9.09. The van der Waals surface area contributed by atoms with Crippen LogP contribution in [0.2, 0.25) is 0 Å². The van der Waals surface area contributed by atoms with E-state index in [1.165, 1.54) is 6.08 Å². The molecule has 4 rings (SSSR count). The van der Waals surface area contributed by atoms with Crippen LogP contribution in [-0.2, 0) is 4.79 Å². The fourth-order valence-corrected chi connectivity index (χ4v) is 3.84. The second-order valence-corrected chi connectivity index (χ2v) is 7.51. The van der Waals surface area contributed by atoms with E-state index >= 15 is 0 Å². The van der Waals surface area contributed by atoms with E-state index in [1.54, 1.807) is 6.92 Å². The van der Waals surface area contributed by atoms with E-state index in [9.17, 15) is 20.3 Å². The van der Waals surface area contributed by atoms with Crippen LogP contribution in [0.25, 0.3) is 0 Å². The molecule has 1 aliphatic carbocycles. The highest BCUT2D eigenvalue weighted by molar-refractivity contribution is 6.09. The molecule has 1 aliphatic heterocycles. The largest absolute Gasteiger partial charge is 0.509 e. The van der Waals surface area contributed by atoms with Gasteiger partial charge < -0.3 is 10.2 Å². The maximum atomic E-state index is 12.8. The number of para-hydroxylation sites is 2. The number of likely N-dealkylation sites (N-methyl/N-ethyl adjacent to an activating group) is 1. The van der Waals surface area contributed by atoms with Crippen molar-refractivity contribution in [2.24, 2.45) is 5.92 Å². The van der Waals surface area contributed by atoms with E-state index < -0.39 is 23.5 Å². The third-order valence-electron chi connectivity index (χ3n) is 5.50. The molecule has 2 aromatic rings. The number of benzene rings is 2. The first-order valence-corrected chi connectivity index (χ1v) is 10.6. The Labute approximate surface area is 192 Å². The zero-order valence-electron chi connectivity index (χ0n) is 18.1. The van der Waals surface area contributed by atoms with Gasteiger partial charge in [-0.15, -0.1) is 4.58 Å². The number of hydrogen-bond acceptors (Lipinski definition) is 3. The Morgan fingerprint density at radius 3 is 2.00 bits per heavy atom. The SMILES string of the molecule is CC[N+]1=C(O)C(C#N)C(O)=C(C=C2C=CC(=[N+](c3ccccc3)c3ccccc3)C=C2)C1=O. The first-order chi connectivity index (χ1) is 16.0. The van der Waals surface area contributed by atoms with Gasteiger partial charge in [-0.2, -0.15) is 9.84 Å². The molecule has 6 heteroatoms. The van der Waals surface area contributed by atoms with E-state index in [2.05, 4.69) is 4.58 Å². The summed E-state index contributed by atoms with van der Waals surface area (Å²) in [6.45, 7) is 1.88. The van der Waals surface area contributed by atoms with E-state index in [4.69, 9.17) is 0 Å². The minimum Gasteiger partial charge on any atom is -0.509 e.